The lowest BCUT2D eigenvalue weighted by molar-refractivity contribution is 0.0605. The van der Waals surface area contributed by atoms with Crippen molar-refractivity contribution in [3.05, 3.63) is 23.7 Å². The molecule has 8 nitrogen and oxygen atoms in total. The van der Waals surface area contributed by atoms with Crippen LogP contribution >= 0.6 is 0 Å². The van der Waals surface area contributed by atoms with Gasteiger partial charge in [-0.25, -0.2) is 14.6 Å². The van der Waals surface area contributed by atoms with E-state index in [0.717, 1.165) is 61.0 Å². The number of aromatic amines is 1. The molecule has 0 unspecified atom stereocenters. The first-order chi connectivity index (χ1) is 12.6. The zero-order valence-corrected chi connectivity index (χ0v) is 15.5. The minimum absolute atomic E-state index is 0.397. The number of aromatic nitrogens is 6. The molecule has 0 spiro atoms. The number of nitrogens with one attached hydrogen (secondary N) is 2. The Labute approximate surface area is 152 Å². The molecule has 0 bridgehead atoms. The third-order valence-corrected chi connectivity index (χ3v) is 4.88. The summed E-state index contributed by atoms with van der Waals surface area (Å²) in [4.78, 5) is 9.45. The van der Waals surface area contributed by atoms with Crippen molar-refractivity contribution >= 4 is 22.8 Å². The lowest BCUT2D eigenvalue weighted by atomic mass is 10.0. The van der Waals surface area contributed by atoms with Crippen LogP contribution in [0.25, 0.3) is 11.2 Å². The van der Waals surface area contributed by atoms with Crippen LogP contribution in [0.15, 0.2) is 12.3 Å². The van der Waals surface area contributed by atoms with Crippen LogP contribution in [0.3, 0.4) is 0 Å². The number of hydrogen-bond donors (Lipinski definition) is 2. The molecule has 26 heavy (non-hydrogen) atoms. The summed E-state index contributed by atoms with van der Waals surface area (Å²) in [7, 11) is 0. The molecule has 0 atom stereocenters. The van der Waals surface area contributed by atoms with Crippen LogP contribution in [0, 0.1) is 12.8 Å². The summed E-state index contributed by atoms with van der Waals surface area (Å²) in [6.45, 7) is 8.72. The summed E-state index contributed by atoms with van der Waals surface area (Å²) in [5.41, 5.74) is 3.55. The Morgan fingerprint density at radius 2 is 2.12 bits per heavy atom. The van der Waals surface area contributed by atoms with E-state index in [1.165, 1.54) is 0 Å². The van der Waals surface area contributed by atoms with Gasteiger partial charge in [-0.2, -0.15) is 10.2 Å². The summed E-state index contributed by atoms with van der Waals surface area (Å²) in [5, 5.41) is 15.2. The Bertz CT molecular complexity index is 892. The second-order valence-corrected chi connectivity index (χ2v) is 7.24. The Morgan fingerprint density at radius 1 is 1.31 bits per heavy atom. The molecule has 3 aromatic rings. The first kappa shape index (κ1) is 17.0. The molecule has 138 valence electrons. The Balaban J connectivity index is 1.60. The topological polar surface area (TPSA) is 93.5 Å². The van der Waals surface area contributed by atoms with Crippen LogP contribution in [0.2, 0.25) is 0 Å². The highest BCUT2D eigenvalue weighted by Gasteiger charge is 2.18. The van der Waals surface area contributed by atoms with E-state index in [4.69, 9.17) is 9.72 Å². The van der Waals surface area contributed by atoms with E-state index < -0.39 is 0 Å². The molecule has 4 heterocycles. The maximum Gasteiger partial charge on any atom is 0.178 e. The molecule has 4 rings (SSSR count). The number of ether oxygens (including phenoxy) is 1. The zero-order valence-electron chi connectivity index (χ0n) is 15.5. The highest BCUT2D eigenvalue weighted by molar-refractivity contribution is 5.73. The van der Waals surface area contributed by atoms with Crippen molar-refractivity contribution in [2.24, 2.45) is 5.92 Å². The van der Waals surface area contributed by atoms with E-state index in [0.29, 0.717) is 17.7 Å². The normalized spacial score (nSPS) is 15.8. The molecule has 1 saturated heterocycles. The summed E-state index contributed by atoms with van der Waals surface area (Å²) in [6.07, 6.45) is 3.93. The lowest BCUT2D eigenvalue weighted by Gasteiger charge is -2.21. The van der Waals surface area contributed by atoms with Gasteiger partial charge in [0.15, 0.2) is 17.3 Å². The van der Waals surface area contributed by atoms with Gasteiger partial charge >= 0.3 is 0 Å². The predicted molar refractivity (Wildman–Crippen MR) is 99.6 cm³/mol. The molecule has 1 aliphatic rings. The summed E-state index contributed by atoms with van der Waals surface area (Å²) in [6, 6.07) is 2.01. The Morgan fingerprint density at radius 3 is 2.85 bits per heavy atom. The molecule has 1 aliphatic heterocycles. The molecule has 0 aromatic carbocycles. The van der Waals surface area contributed by atoms with Gasteiger partial charge in [-0.05, 0) is 31.6 Å². The van der Waals surface area contributed by atoms with E-state index in [1.54, 1.807) is 6.20 Å². The second kappa shape index (κ2) is 7.03. The lowest BCUT2D eigenvalue weighted by Crippen LogP contribution is -2.21. The van der Waals surface area contributed by atoms with E-state index in [9.17, 15) is 0 Å². The third-order valence-electron chi connectivity index (χ3n) is 4.88. The van der Waals surface area contributed by atoms with E-state index in [-0.39, 0.29) is 0 Å². The van der Waals surface area contributed by atoms with Gasteiger partial charge in [0.05, 0.1) is 11.9 Å². The van der Waals surface area contributed by atoms with Crippen LogP contribution < -0.4 is 5.32 Å². The van der Waals surface area contributed by atoms with E-state index >= 15 is 0 Å². The van der Waals surface area contributed by atoms with Gasteiger partial charge in [-0.15, -0.1) is 0 Å². The molecule has 3 aromatic heterocycles. The Hall–Kier alpha value is -2.48. The third kappa shape index (κ3) is 3.41. The number of hydrogen-bond acceptors (Lipinski definition) is 6. The number of nitrogens with zero attached hydrogens (tertiary/aromatic N) is 5. The van der Waals surface area contributed by atoms with Gasteiger partial charge in [0.25, 0.3) is 0 Å². The molecular formula is C18H25N7O. The zero-order chi connectivity index (χ0) is 18.1. The minimum atomic E-state index is 0.397. The molecular weight excluding hydrogens is 330 g/mol. The maximum absolute atomic E-state index is 5.45. The van der Waals surface area contributed by atoms with E-state index in [2.05, 4.69) is 39.4 Å². The average molecular weight is 355 g/mol. The molecule has 0 radical (unpaired) electrons. The van der Waals surface area contributed by atoms with Crippen LogP contribution in [-0.4, -0.2) is 43.2 Å². The van der Waals surface area contributed by atoms with Gasteiger partial charge in [-0.1, -0.05) is 13.8 Å². The largest absolute Gasteiger partial charge is 0.381 e. The second-order valence-electron chi connectivity index (χ2n) is 7.24. The SMILES string of the molecule is Cc1nc2cnn(CC3CCOCC3)c2nc1Nc1cc(C(C)C)[nH]n1. The minimum Gasteiger partial charge on any atom is -0.381 e. The maximum atomic E-state index is 5.45. The molecule has 1 fully saturated rings. The number of fused-ring (bicyclic) bond motifs is 1. The summed E-state index contributed by atoms with van der Waals surface area (Å²) in [5.74, 6) is 2.44. The van der Waals surface area contributed by atoms with Crippen molar-refractivity contribution in [3.63, 3.8) is 0 Å². The molecule has 0 aliphatic carbocycles. The number of H-pyrrole nitrogens is 1. The summed E-state index contributed by atoms with van der Waals surface area (Å²) < 4.78 is 7.41. The van der Waals surface area contributed by atoms with Crippen LogP contribution in [-0.2, 0) is 11.3 Å². The van der Waals surface area contributed by atoms with Crippen molar-refractivity contribution in [3.8, 4) is 0 Å². The van der Waals surface area contributed by atoms with E-state index in [1.807, 2.05) is 17.7 Å². The average Bonchev–Trinajstić information content (AvgIpc) is 3.24. The van der Waals surface area contributed by atoms with Crippen molar-refractivity contribution in [2.75, 3.05) is 18.5 Å². The fourth-order valence-electron chi connectivity index (χ4n) is 3.23. The highest BCUT2D eigenvalue weighted by Crippen LogP contribution is 2.23. The standard InChI is InChI=1S/C18H25N7O/c1-11(2)14-8-16(24-23-14)21-17-12(3)20-15-9-19-25(18(15)22-17)10-13-4-6-26-7-5-13/h8-9,11,13H,4-7,10H2,1-3H3,(H2,21,22,23,24). The van der Waals surface area contributed by atoms with Gasteiger partial charge in [0.2, 0.25) is 0 Å². The van der Waals surface area contributed by atoms with Crippen LogP contribution in [0.1, 0.15) is 44.0 Å². The monoisotopic (exact) mass is 355 g/mol. The Kier molecular flexibility index (Phi) is 4.58. The molecule has 2 N–H and O–H groups in total. The number of anilines is 2. The van der Waals surface area contributed by atoms with Gasteiger partial charge in [-0.3, -0.25) is 5.10 Å². The smallest absolute Gasteiger partial charge is 0.178 e. The van der Waals surface area contributed by atoms with Crippen molar-refractivity contribution < 1.29 is 4.74 Å². The van der Waals surface area contributed by atoms with Crippen LogP contribution in [0.4, 0.5) is 11.6 Å². The molecule has 0 amide bonds. The molecule has 0 saturated carbocycles. The van der Waals surface area contributed by atoms with Gasteiger partial charge in [0.1, 0.15) is 5.52 Å². The fraction of sp³-hybridized carbons (Fsp3) is 0.556. The number of aryl methyl sites for hydroxylation is 1. The first-order valence-corrected chi connectivity index (χ1v) is 9.20. The van der Waals surface area contributed by atoms with Crippen molar-refractivity contribution in [1.82, 2.24) is 29.9 Å². The quantitative estimate of drug-likeness (QED) is 0.730. The highest BCUT2D eigenvalue weighted by atomic mass is 16.5. The van der Waals surface area contributed by atoms with Crippen molar-refractivity contribution in [1.29, 1.82) is 0 Å². The molecule has 8 heteroatoms. The predicted octanol–water partition coefficient (Wildman–Crippen LogP) is 3.15. The van der Waals surface area contributed by atoms with Gasteiger partial charge in [0, 0.05) is 31.5 Å². The van der Waals surface area contributed by atoms with Gasteiger partial charge < -0.3 is 10.1 Å². The van der Waals surface area contributed by atoms with Crippen molar-refractivity contribution in [2.45, 2.75) is 46.1 Å². The number of rotatable bonds is 5. The summed E-state index contributed by atoms with van der Waals surface area (Å²) >= 11 is 0. The van der Waals surface area contributed by atoms with Crippen LogP contribution in [0.5, 0.6) is 0 Å². The first-order valence-electron chi connectivity index (χ1n) is 9.20. The fourth-order valence-corrected chi connectivity index (χ4v) is 3.23.